The normalized spacial score (nSPS) is 11.9. The summed E-state index contributed by atoms with van der Waals surface area (Å²) in [5, 5.41) is 5.71. The highest BCUT2D eigenvalue weighted by atomic mass is 15.3. The second kappa shape index (κ2) is 4.28. The molecule has 1 heterocycles. The summed E-state index contributed by atoms with van der Waals surface area (Å²) in [6, 6.07) is 6.66. The Hall–Kier alpha value is -1.31. The predicted octanol–water partition coefficient (Wildman–Crippen LogP) is 3.82. The third-order valence-corrected chi connectivity index (χ3v) is 2.87. The molecule has 0 saturated heterocycles. The van der Waals surface area contributed by atoms with Gasteiger partial charge in [0, 0.05) is 11.9 Å². The Balaban J connectivity index is 2.42. The van der Waals surface area contributed by atoms with Gasteiger partial charge in [-0.25, -0.2) is 0 Å². The van der Waals surface area contributed by atoms with Gasteiger partial charge in [0.2, 0.25) is 0 Å². The molecule has 2 rings (SSSR count). The summed E-state index contributed by atoms with van der Waals surface area (Å²) in [4.78, 5) is 0. The van der Waals surface area contributed by atoms with Crippen molar-refractivity contribution in [2.45, 2.75) is 40.2 Å². The van der Waals surface area contributed by atoms with Crippen LogP contribution in [0.3, 0.4) is 0 Å². The summed E-state index contributed by atoms with van der Waals surface area (Å²) in [5.74, 6) is 1.21. The molecule has 1 aromatic carbocycles. The third-order valence-electron chi connectivity index (χ3n) is 2.87. The summed E-state index contributed by atoms with van der Waals surface area (Å²) in [7, 11) is 0. The second-order valence-electron chi connectivity index (χ2n) is 5.19. The minimum Gasteiger partial charge on any atom is -0.265 e. The van der Waals surface area contributed by atoms with Crippen LogP contribution in [0.1, 0.15) is 39.2 Å². The molecule has 0 bridgehead atoms. The van der Waals surface area contributed by atoms with Crippen LogP contribution in [0.4, 0.5) is 0 Å². The van der Waals surface area contributed by atoms with Crippen molar-refractivity contribution in [3.05, 3.63) is 30.0 Å². The zero-order valence-corrected chi connectivity index (χ0v) is 10.6. The molecule has 2 aromatic rings. The lowest BCUT2D eigenvalue weighted by Crippen LogP contribution is -2.05. The van der Waals surface area contributed by atoms with Crippen molar-refractivity contribution in [3.8, 4) is 0 Å². The highest BCUT2D eigenvalue weighted by Crippen LogP contribution is 2.21. The highest BCUT2D eigenvalue weighted by Gasteiger charge is 2.06. The molecule has 0 spiro atoms. The maximum Gasteiger partial charge on any atom is 0.0682 e. The third kappa shape index (κ3) is 2.11. The lowest BCUT2D eigenvalue weighted by molar-refractivity contribution is 0.495. The first-order valence-corrected chi connectivity index (χ1v) is 6.03. The molecule has 86 valence electrons. The summed E-state index contributed by atoms with van der Waals surface area (Å²) < 4.78 is 2.10. The standard InChI is InChI=1S/C14H20N2/c1-10(2)9-16-14-6-5-12(11(3)4)7-13(14)8-15-16/h5-8,10-11H,9H2,1-4H3. The van der Waals surface area contributed by atoms with E-state index < -0.39 is 0 Å². The first-order chi connectivity index (χ1) is 7.58. The Morgan fingerprint density at radius 3 is 2.56 bits per heavy atom. The van der Waals surface area contributed by atoms with Gasteiger partial charge >= 0.3 is 0 Å². The Morgan fingerprint density at radius 2 is 1.94 bits per heavy atom. The van der Waals surface area contributed by atoms with Gasteiger partial charge < -0.3 is 0 Å². The lowest BCUT2D eigenvalue weighted by Gasteiger charge is -2.08. The number of hydrogen-bond donors (Lipinski definition) is 0. The fourth-order valence-electron chi connectivity index (χ4n) is 1.96. The average molecular weight is 216 g/mol. The van der Waals surface area contributed by atoms with Gasteiger partial charge in [0.05, 0.1) is 11.7 Å². The molecule has 1 aromatic heterocycles. The number of fused-ring (bicyclic) bond motifs is 1. The first kappa shape index (κ1) is 11.2. The Morgan fingerprint density at radius 1 is 1.19 bits per heavy atom. The van der Waals surface area contributed by atoms with Crippen LogP contribution in [0.2, 0.25) is 0 Å². The van der Waals surface area contributed by atoms with Crippen molar-refractivity contribution in [3.63, 3.8) is 0 Å². The molecular formula is C14H20N2. The minimum atomic E-state index is 0.581. The number of benzene rings is 1. The minimum absolute atomic E-state index is 0.581. The Labute approximate surface area is 97.3 Å². The van der Waals surface area contributed by atoms with E-state index in [0.717, 1.165) is 6.54 Å². The van der Waals surface area contributed by atoms with Gasteiger partial charge in [0.25, 0.3) is 0 Å². The summed E-state index contributed by atoms with van der Waals surface area (Å²) in [6.07, 6.45) is 1.98. The molecule has 16 heavy (non-hydrogen) atoms. The van der Waals surface area contributed by atoms with Gasteiger partial charge in [-0.15, -0.1) is 0 Å². The molecule has 0 saturated carbocycles. The molecular weight excluding hydrogens is 196 g/mol. The second-order valence-corrected chi connectivity index (χ2v) is 5.19. The van der Waals surface area contributed by atoms with E-state index in [9.17, 15) is 0 Å². The fraction of sp³-hybridized carbons (Fsp3) is 0.500. The maximum absolute atomic E-state index is 4.45. The lowest BCUT2D eigenvalue weighted by atomic mass is 10.0. The molecule has 0 fully saturated rings. The molecule has 0 unspecified atom stereocenters. The van der Waals surface area contributed by atoms with E-state index in [4.69, 9.17) is 0 Å². The quantitative estimate of drug-likeness (QED) is 0.762. The molecule has 2 heteroatoms. The summed E-state index contributed by atoms with van der Waals surface area (Å²) in [5.41, 5.74) is 2.63. The van der Waals surface area contributed by atoms with Crippen LogP contribution in [0.15, 0.2) is 24.4 Å². The van der Waals surface area contributed by atoms with Gasteiger partial charge in [0.15, 0.2) is 0 Å². The number of aromatic nitrogens is 2. The largest absolute Gasteiger partial charge is 0.265 e. The van der Waals surface area contributed by atoms with E-state index in [1.807, 2.05) is 6.20 Å². The number of nitrogens with zero attached hydrogens (tertiary/aromatic N) is 2. The van der Waals surface area contributed by atoms with Gasteiger partial charge in [-0.3, -0.25) is 4.68 Å². The van der Waals surface area contributed by atoms with Crippen molar-refractivity contribution >= 4 is 10.9 Å². The van der Waals surface area contributed by atoms with E-state index in [1.165, 1.54) is 16.5 Å². The Bertz CT molecular complexity index is 480. The molecule has 0 atom stereocenters. The highest BCUT2D eigenvalue weighted by molar-refractivity contribution is 5.79. The van der Waals surface area contributed by atoms with Crippen molar-refractivity contribution in [1.29, 1.82) is 0 Å². The fourth-order valence-corrected chi connectivity index (χ4v) is 1.96. The van der Waals surface area contributed by atoms with E-state index in [-0.39, 0.29) is 0 Å². The molecule has 0 amide bonds. The molecule has 0 radical (unpaired) electrons. The maximum atomic E-state index is 4.45. The van der Waals surface area contributed by atoms with Gasteiger partial charge in [-0.2, -0.15) is 5.10 Å². The predicted molar refractivity (Wildman–Crippen MR) is 68.7 cm³/mol. The van der Waals surface area contributed by atoms with Crippen LogP contribution in [0.5, 0.6) is 0 Å². The topological polar surface area (TPSA) is 17.8 Å². The van der Waals surface area contributed by atoms with Crippen LogP contribution in [0.25, 0.3) is 10.9 Å². The molecule has 0 aliphatic rings. The monoisotopic (exact) mass is 216 g/mol. The van der Waals surface area contributed by atoms with E-state index in [1.54, 1.807) is 0 Å². The van der Waals surface area contributed by atoms with Crippen LogP contribution in [-0.4, -0.2) is 9.78 Å². The summed E-state index contributed by atoms with van der Waals surface area (Å²) in [6.45, 7) is 9.87. The molecule has 0 aliphatic heterocycles. The Kier molecular flexibility index (Phi) is 2.99. The molecule has 0 N–H and O–H groups in total. The van der Waals surface area contributed by atoms with Gasteiger partial charge in [0.1, 0.15) is 0 Å². The number of rotatable bonds is 3. The van der Waals surface area contributed by atoms with Crippen LogP contribution in [-0.2, 0) is 6.54 Å². The zero-order valence-electron chi connectivity index (χ0n) is 10.6. The van der Waals surface area contributed by atoms with Crippen LogP contribution < -0.4 is 0 Å². The van der Waals surface area contributed by atoms with Crippen molar-refractivity contribution in [1.82, 2.24) is 9.78 Å². The average Bonchev–Trinajstić information content (AvgIpc) is 2.60. The first-order valence-electron chi connectivity index (χ1n) is 6.03. The van der Waals surface area contributed by atoms with Crippen molar-refractivity contribution in [2.24, 2.45) is 5.92 Å². The van der Waals surface area contributed by atoms with E-state index in [0.29, 0.717) is 11.8 Å². The summed E-state index contributed by atoms with van der Waals surface area (Å²) >= 11 is 0. The molecule has 2 nitrogen and oxygen atoms in total. The number of hydrogen-bond acceptors (Lipinski definition) is 1. The van der Waals surface area contributed by atoms with Crippen LogP contribution in [0, 0.1) is 5.92 Å². The molecule has 0 aliphatic carbocycles. The van der Waals surface area contributed by atoms with Gasteiger partial charge in [-0.05, 0) is 29.5 Å². The van der Waals surface area contributed by atoms with E-state index in [2.05, 4.69) is 55.7 Å². The van der Waals surface area contributed by atoms with E-state index >= 15 is 0 Å². The van der Waals surface area contributed by atoms with Crippen LogP contribution >= 0.6 is 0 Å². The van der Waals surface area contributed by atoms with Crippen molar-refractivity contribution in [2.75, 3.05) is 0 Å². The van der Waals surface area contributed by atoms with Gasteiger partial charge in [-0.1, -0.05) is 33.8 Å². The van der Waals surface area contributed by atoms with Crippen molar-refractivity contribution < 1.29 is 0 Å². The zero-order chi connectivity index (χ0) is 11.7. The smallest absolute Gasteiger partial charge is 0.0682 e. The SMILES string of the molecule is CC(C)Cn1ncc2cc(C(C)C)ccc21.